The SMILES string of the molecule is CN=C(NCCN(C)CCCOC)NCC1(c2ccccc2C)CCOCC1. The molecule has 28 heavy (non-hydrogen) atoms. The summed E-state index contributed by atoms with van der Waals surface area (Å²) >= 11 is 0. The van der Waals surface area contributed by atoms with Gasteiger partial charge in [0, 0.05) is 65.6 Å². The predicted octanol–water partition coefficient (Wildman–Crippen LogP) is 2.18. The fraction of sp³-hybridized carbons (Fsp3) is 0.682. The third-order valence-electron chi connectivity index (χ3n) is 5.66. The van der Waals surface area contributed by atoms with E-state index in [0.29, 0.717) is 0 Å². The molecule has 0 amide bonds. The largest absolute Gasteiger partial charge is 0.385 e. The zero-order chi connectivity index (χ0) is 20.2. The number of hydrogen-bond donors (Lipinski definition) is 2. The number of nitrogens with zero attached hydrogens (tertiary/aromatic N) is 2. The van der Waals surface area contributed by atoms with Crippen molar-refractivity contribution in [2.45, 2.75) is 31.6 Å². The maximum atomic E-state index is 5.66. The van der Waals surface area contributed by atoms with Gasteiger partial charge in [0.2, 0.25) is 0 Å². The number of benzene rings is 1. The molecule has 0 aromatic heterocycles. The van der Waals surface area contributed by atoms with Crippen LogP contribution < -0.4 is 10.6 Å². The Kier molecular flexibility index (Phi) is 9.75. The first-order chi connectivity index (χ1) is 13.6. The van der Waals surface area contributed by atoms with Crippen LogP contribution in [0.1, 0.15) is 30.4 Å². The molecule has 0 saturated carbocycles. The van der Waals surface area contributed by atoms with Crippen molar-refractivity contribution >= 4 is 5.96 Å². The summed E-state index contributed by atoms with van der Waals surface area (Å²) in [6.07, 6.45) is 3.12. The van der Waals surface area contributed by atoms with Gasteiger partial charge in [-0.1, -0.05) is 24.3 Å². The molecule has 0 unspecified atom stereocenters. The van der Waals surface area contributed by atoms with Crippen LogP contribution in [0.2, 0.25) is 0 Å². The second-order valence-electron chi connectivity index (χ2n) is 7.71. The molecular weight excluding hydrogens is 352 g/mol. The smallest absolute Gasteiger partial charge is 0.191 e. The summed E-state index contributed by atoms with van der Waals surface area (Å²) < 4.78 is 10.8. The third-order valence-corrected chi connectivity index (χ3v) is 5.66. The summed E-state index contributed by atoms with van der Waals surface area (Å²) in [7, 11) is 5.73. The fourth-order valence-electron chi connectivity index (χ4n) is 3.90. The van der Waals surface area contributed by atoms with Gasteiger partial charge >= 0.3 is 0 Å². The fourth-order valence-corrected chi connectivity index (χ4v) is 3.90. The summed E-state index contributed by atoms with van der Waals surface area (Å²) in [5, 5.41) is 7.02. The molecule has 0 bridgehead atoms. The molecule has 1 aromatic rings. The summed E-state index contributed by atoms with van der Waals surface area (Å²) in [6.45, 7) is 8.39. The number of ether oxygens (including phenoxy) is 2. The van der Waals surface area contributed by atoms with Crippen molar-refractivity contribution in [1.29, 1.82) is 0 Å². The maximum absolute atomic E-state index is 5.66. The second kappa shape index (κ2) is 12.0. The van der Waals surface area contributed by atoms with Crippen molar-refractivity contribution in [2.75, 3.05) is 67.2 Å². The van der Waals surface area contributed by atoms with E-state index in [1.54, 1.807) is 7.11 Å². The molecule has 6 nitrogen and oxygen atoms in total. The highest BCUT2D eigenvalue weighted by molar-refractivity contribution is 5.79. The van der Waals surface area contributed by atoms with Gasteiger partial charge in [0.25, 0.3) is 0 Å². The van der Waals surface area contributed by atoms with E-state index in [9.17, 15) is 0 Å². The number of likely N-dealkylation sites (N-methyl/N-ethyl adjacent to an activating group) is 1. The van der Waals surface area contributed by atoms with Crippen molar-refractivity contribution in [2.24, 2.45) is 4.99 Å². The van der Waals surface area contributed by atoms with Crippen molar-refractivity contribution in [3.05, 3.63) is 35.4 Å². The Labute approximate surface area is 170 Å². The molecular formula is C22H38N4O2. The van der Waals surface area contributed by atoms with Crippen molar-refractivity contribution < 1.29 is 9.47 Å². The molecule has 0 aliphatic carbocycles. The Morgan fingerprint density at radius 1 is 1.21 bits per heavy atom. The van der Waals surface area contributed by atoms with Gasteiger partial charge in [-0.3, -0.25) is 4.99 Å². The van der Waals surface area contributed by atoms with Crippen LogP contribution >= 0.6 is 0 Å². The zero-order valence-electron chi connectivity index (χ0n) is 18.1. The molecule has 158 valence electrons. The molecule has 1 fully saturated rings. The molecule has 0 atom stereocenters. The van der Waals surface area contributed by atoms with Gasteiger partial charge in [0.05, 0.1) is 0 Å². The van der Waals surface area contributed by atoms with Crippen LogP contribution in [0, 0.1) is 6.92 Å². The first kappa shape index (κ1) is 22.7. The summed E-state index contributed by atoms with van der Waals surface area (Å²) in [5.41, 5.74) is 2.88. The van der Waals surface area contributed by atoms with Gasteiger partial charge in [-0.15, -0.1) is 0 Å². The van der Waals surface area contributed by atoms with E-state index in [1.165, 1.54) is 11.1 Å². The van der Waals surface area contributed by atoms with Crippen LogP contribution in [0.15, 0.2) is 29.3 Å². The second-order valence-corrected chi connectivity index (χ2v) is 7.71. The first-order valence-electron chi connectivity index (χ1n) is 10.4. The first-order valence-corrected chi connectivity index (χ1v) is 10.4. The third kappa shape index (κ3) is 6.76. The number of nitrogens with one attached hydrogen (secondary N) is 2. The van der Waals surface area contributed by atoms with Crippen LogP contribution in [-0.2, 0) is 14.9 Å². The molecule has 1 aliphatic heterocycles. The van der Waals surface area contributed by atoms with E-state index in [0.717, 1.165) is 71.2 Å². The number of methoxy groups -OCH3 is 1. The summed E-state index contributed by atoms with van der Waals surface area (Å²) in [4.78, 5) is 6.73. The lowest BCUT2D eigenvalue weighted by Crippen LogP contribution is -2.49. The molecule has 1 aromatic carbocycles. The minimum absolute atomic E-state index is 0.0954. The highest BCUT2D eigenvalue weighted by Gasteiger charge is 2.35. The van der Waals surface area contributed by atoms with Crippen LogP contribution in [0.4, 0.5) is 0 Å². The quantitative estimate of drug-likeness (QED) is 0.364. The number of aliphatic imine (C=N–C) groups is 1. The van der Waals surface area contributed by atoms with Crippen molar-refractivity contribution in [1.82, 2.24) is 15.5 Å². The molecule has 0 radical (unpaired) electrons. The molecule has 6 heteroatoms. The van der Waals surface area contributed by atoms with E-state index in [2.05, 4.69) is 58.8 Å². The van der Waals surface area contributed by atoms with Crippen molar-refractivity contribution in [3.63, 3.8) is 0 Å². The van der Waals surface area contributed by atoms with E-state index in [1.807, 2.05) is 7.05 Å². The van der Waals surface area contributed by atoms with Crippen LogP contribution in [0.5, 0.6) is 0 Å². The molecule has 2 rings (SSSR count). The predicted molar refractivity (Wildman–Crippen MR) is 116 cm³/mol. The van der Waals surface area contributed by atoms with Gasteiger partial charge in [-0.05, 0) is 44.4 Å². The average Bonchev–Trinajstić information content (AvgIpc) is 2.71. The Bertz CT molecular complexity index is 600. The highest BCUT2D eigenvalue weighted by Crippen LogP contribution is 2.36. The maximum Gasteiger partial charge on any atom is 0.191 e. The summed E-state index contributed by atoms with van der Waals surface area (Å²) in [5.74, 6) is 0.866. The topological polar surface area (TPSA) is 58.1 Å². The number of hydrogen-bond acceptors (Lipinski definition) is 4. The lowest BCUT2D eigenvalue weighted by Gasteiger charge is -2.39. The van der Waals surface area contributed by atoms with Crippen LogP contribution in [0.25, 0.3) is 0 Å². The highest BCUT2D eigenvalue weighted by atomic mass is 16.5. The number of aryl methyl sites for hydroxylation is 1. The Balaban J connectivity index is 1.88. The molecule has 1 heterocycles. The van der Waals surface area contributed by atoms with Gasteiger partial charge in [-0.25, -0.2) is 0 Å². The molecule has 1 saturated heterocycles. The average molecular weight is 391 g/mol. The Morgan fingerprint density at radius 3 is 2.64 bits per heavy atom. The van der Waals surface area contributed by atoms with Crippen molar-refractivity contribution in [3.8, 4) is 0 Å². The van der Waals surface area contributed by atoms with Gasteiger partial charge in [0.1, 0.15) is 0 Å². The minimum Gasteiger partial charge on any atom is -0.385 e. The van der Waals surface area contributed by atoms with Gasteiger partial charge in [-0.2, -0.15) is 0 Å². The summed E-state index contributed by atoms with van der Waals surface area (Å²) in [6, 6.07) is 8.74. The molecule has 1 aliphatic rings. The van der Waals surface area contributed by atoms with Gasteiger partial charge < -0.3 is 25.0 Å². The van der Waals surface area contributed by atoms with E-state index in [4.69, 9.17) is 9.47 Å². The standard InChI is InChI=1S/C22H38N4O2/c1-19-8-5-6-9-20(19)22(10-16-28-17-11-22)18-25-21(23-2)24-12-14-26(3)13-7-15-27-4/h5-6,8-9H,7,10-18H2,1-4H3,(H2,23,24,25). The minimum atomic E-state index is 0.0954. The van der Waals surface area contributed by atoms with E-state index < -0.39 is 0 Å². The number of rotatable bonds is 10. The Hall–Kier alpha value is -1.63. The van der Waals surface area contributed by atoms with Crippen LogP contribution in [0.3, 0.4) is 0 Å². The number of guanidine groups is 1. The van der Waals surface area contributed by atoms with Crippen LogP contribution in [-0.4, -0.2) is 78.1 Å². The lowest BCUT2D eigenvalue weighted by molar-refractivity contribution is 0.0512. The Morgan fingerprint density at radius 2 is 1.96 bits per heavy atom. The lowest BCUT2D eigenvalue weighted by atomic mass is 9.72. The molecule has 2 N–H and O–H groups in total. The monoisotopic (exact) mass is 390 g/mol. The molecule has 0 spiro atoms. The van der Waals surface area contributed by atoms with E-state index >= 15 is 0 Å². The van der Waals surface area contributed by atoms with E-state index in [-0.39, 0.29) is 5.41 Å². The van der Waals surface area contributed by atoms with Gasteiger partial charge in [0.15, 0.2) is 5.96 Å². The zero-order valence-corrected chi connectivity index (χ0v) is 18.1. The normalized spacial score (nSPS) is 17.0.